The zero-order valence-electron chi connectivity index (χ0n) is 9.96. The molecular formula is C13H17BrClNO. The number of halogens is 2. The normalized spacial score (nSPS) is 21.7. The topological polar surface area (TPSA) is 12.5 Å². The Labute approximate surface area is 116 Å². The van der Waals surface area contributed by atoms with Crippen LogP contribution in [0.2, 0.25) is 5.02 Å². The maximum absolute atomic E-state index is 6.27. The van der Waals surface area contributed by atoms with Crippen LogP contribution in [-0.4, -0.2) is 36.0 Å². The van der Waals surface area contributed by atoms with Crippen LogP contribution in [0.25, 0.3) is 0 Å². The van der Waals surface area contributed by atoms with Crippen LogP contribution >= 0.6 is 27.5 Å². The van der Waals surface area contributed by atoms with E-state index in [-0.39, 0.29) is 0 Å². The Morgan fingerprint density at radius 2 is 2.35 bits per heavy atom. The van der Waals surface area contributed by atoms with Crippen LogP contribution in [0.1, 0.15) is 11.1 Å². The molecule has 2 nitrogen and oxygen atoms in total. The number of benzene rings is 1. The minimum atomic E-state index is 0.445. The number of ether oxygens (including phenoxy) is 1. The van der Waals surface area contributed by atoms with E-state index in [1.165, 1.54) is 11.1 Å². The molecule has 1 heterocycles. The highest BCUT2D eigenvalue weighted by Gasteiger charge is 2.22. The molecule has 1 fully saturated rings. The van der Waals surface area contributed by atoms with Gasteiger partial charge in [-0.3, -0.25) is 4.90 Å². The highest BCUT2D eigenvalue weighted by Crippen LogP contribution is 2.21. The lowest BCUT2D eigenvalue weighted by molar-refractivity contribution is -0.00211. The Morgan fingerprint density at radius 3 is 3.06 bits per heavy atom. The zero-order valence-corrected chi connectivity index (χ0v) is 12.3. The molecule has 0 bridgehead atoms. The van der Waals surface area contributed by atoms with Crippen molar-refractivity contribution < 1.29 is 4.74 Å². The maximum Gasteiger partial charge on any atom is 0.0630 e. The Bertz CT molecular complexity index is 386. The lowest BCUT2D eigenvalue weighted by atomic mass is 10.1. The lowest BCUT2D eigenvalue weighted by Gasteiger charge is -2.34. The molecule has 17 heavy (non-hydrogen) atoms. The first-order valence-corrected chi connectivity index (χ1v) is 7.33. The monoisotopic (exact) mass is 317 g/mol. The van der Waals surface area contributed by atoms with Gasteiger partial charge in [0.25, 0.3) is 0 Å². The van der Waals surface area contributed by atoms with Crippen LogP contribution in [0.3, 0.4) is 0 Å². The van der Waals surface area contributed by atoms with E-state index in [0.29, 0.717) is 6.04 Å². The van der Waals surface area contributed by atoms with Gasteiger partial charge < -0.3 is 4.74 Å². The first kappa shape index (κ1) is 13.3. The van der Waals surface area contributed by atoms with Crippen molar-refractivity contribution in [3.05, 3.63) is 34.3 Å². The predicted molar refractivity (Wildman–Crippen MR) is 75.0 cm³/mol. The van der Waals surface area contributed by atoms with Crippen LogP contribution in [0.5, 0.6) is 0 Å². The smallest absolute Gasteiger partial charge is 0.0630 e. The first-order valence-electron chi connectivity index (χ1n) is 5.83. The van der Waals surface area contributed by atoms with Gasteiger partial charge in [0.05, 0.1) is 13.2 Å². The maximum atomic E-state index is 6.27. The van der Waals surface area contributed by atoms with Gasteiger partial charge in [-0.15, -0.1) is 0 Å². The second kappa shape index (κ2) is 6.19. The van der Waals surface area contributed by atoms with E-state index in [1.807, 2.05) is 6.07 Å². The summed E-state index contributed by atoms with van der Waals surface area (Å²) in [5.74, 6) is 0. The quantitative estimate of drug-likeness (QED) is 0.793. The average molecular weight is 319 g/mol. The molecular weight excluding hydrogens is 302 g/mol. The molecule has 0 saturated carbocycles. The van der Waals surface area contributed by atoms with E-state index in [2.05, 4.69) is 39.9 Å². The highest BCUT2D eigenvalue weighted by molar-refractivity contribution is 9.09. The van der Waals surface area contributed by atoms with Crippen molar-refractivity contribution in [2.24, 2.45) is 0 Å². The molecule has 1 unspecified atom stereocenters. The van der Waals surface area contributed by atoms with Gasteiger partial charge in [-0.25, -0.2) is 0 Å². The van der Waals surface area contributed by atoms with Crippen LogP contribution in [-0.2, 0) is 11.3 Å². The number of morpholine rings is 1. The Hall–Kier alpha value is -0.0900. The zero-order chi connectivity index (χ0) is 12.3. The van der Waals surface area contributed by atoms with Crippen molar-refractivity contribution in [2.75, 3.05) is 25.1 Å². The molecule has 1 saturated heterocycles. The molecule has 1 atom stereocenters. The van der Waals surface area contributed by atoms with Crippen LogP contribution < -0.4 is 0 Å². The Morgan fingerprint density at radius 1 is 1.53 bits per heavy atom. The summed E-state index contributed by atoms with van der Waals surface area (Å²) < 4.78 is 5.49. The summed E-state index contributed by atoms with van der Waals surface area (Å²) in [6.45, 7) is 5.55. The fourth-order valence-electron chi connectivity index (χ4n) is 2.04. The fraction of sp³-hybridized carbons (Fsp3) is 0.538. The number of aryl methyl sites for hydroxylation is 1. The third-order valence-corrected chi connectivity index (χ3v) is 4.21. The number of alkyl halides is 1. The molecule has 0 spiro atoms. The van der Waals surface area contributed by atoms with Gasteiger partial charge in [0.1, 0.15) is 0 Å². The number of rotatable bonds is 3. The second-order valence-electron chi connectivity index (χ2n) is 4.45. The molecule has 0 aromatic heterocycles. The van der Waals surface area contributed by atoms with Crippen LogP contribution in [0.15, 0.2) is 18.2 Å². The summed E-state index contributed by atoms with van der Waals surface area (Å²) in [5, 5.41) is 1.81. The summed E-state index contributed by atoms with van der Waals surface area (Å²) in [5.41, 5.74) is 2.41. The van der Waals surface area contributed by atoms with E-state index in [4.69, 9.17) is 16.3 Å². The van der Waals surface area contributed by atoms with Gasteiger partial charge in [0.15, 0.2) is 0 Å². The fourth-order valence-corrected chi connectivity index (χ4v) is 2.93. The molecule has 4 heteroatoms. The largest absolute Gasteiger partial charge is 0.378 e. The summed E-state index contributed by atoms with van der Waals surface area (Å²) >= 11 is 9.81. The molecule has 0 radical (unpaired) electrons. The highest BCUT2D eigenvalue weighted by atomic mass is 79.9. The molecule has 0 amide bonds. The molecule has 94 valence electrons. The van der Waals surface area contributed by atoms with Gasteiger partial charge in [-0.2, -0.15) is 0 Å². The number of hydrogen-bond acceptors (Lipinski definition) is 2. The van der Waals surface area contributed by atoms with Crippen molar-refractivity contribution in [2.45, 2.75) is 19.5 Å². The lowest BCUT2D eigenvalue weighted by Crippen LogP contribution is -2.45. The number of nitrogens with zero attached hydrogens (tertiary/aromatic N) is 1. The van der Waals surface area contributed by atoms with E-state index >= 15 is 0 Å². The molecule has 2 rings (SSSR count). The first-order chi connectivity index (χ1) is 8.20. The van der Waals surface area contributed by atoms with Crippen molar-refractivity contribution in [3.8, 4) is 0 Å². The molecule has 1 aromatic carbocycles. The third kappa shape index (κ3) is 3.44. The minimum Gasteiger partial charge on any atom is -0.378 e. The summed E-state index contributed by atoms with van der Waals surface area (Å²) in [6, 6.07) is 6.71. The Balaban J connectivity index is 2.08. The second-order valence-corrected chi connectivity index (χ2v) is 5.50. The summed E-state index contributed by atoms with van der Waals surface area (Å²) in [7, 11) is 0. The van der Waals surface area contributed by atoms with Gasteiger partial charge >= 0.3 is 0 Å². The van der Waals surface area contributed by atoms with Crippen molar-refractivity contribution >= 4 is 27.5 Å². The Kier molecular flexibility index (Phi) is 4.86. The molecule has 1 aliphatic rings. The van der Waals surface area contributed by atoms with E-state index < -0.39 is 0 Å². The van der Waals surface area contributed by atoms with Gasteiger partial charge in [0, 0.05) is 29.5 Å². The summed E-state index contributed by atoms with van der Waals surface area (Å²) in [6.07, 6.45) is 0. The van der Waals surface area contributed by atoms with Crippen molar-refractivity contribution in [3.63, 3.8) is 0 Å². The summed E-state index contributed by atoms with van der Waals surface area (Å²) in [4.78, 5) is 2.43. The standard InChI is InChI=1S/C13H17BrClNO/c1-10-2-3-11(13(15)6-10)8-16-4-5-17-9-12(16)7-14/h2-3,6,12H,4-5,7-9H2,1H3. The van der Waals surface area contributed by atoms with Gasteiger partial charge in [-0.1, -0.05) is 39.7 Å². The molecule has 0 aliphatic carbocycles. The van der Waals surface area contributed by atoms with E-state index in [0.717, 1.165) is 36.7 Å². The van der Waals surface area contributed by atoms with Crippen molar-refractivity contribution in [1.82, 2.24) is 4.90 Å². The van der Waals surface area contributed by atoms with Gasteiger partial charge in [-0.05, 0) is 24.1 Å². The van der Waals surface area contributed by atoms with Gasteiger partial charge in [0.2, 0.25) is 0 Å². The van der Waals surface area contributed by atoms with Crippen LogP contribution in [0.4, 0.5) is 0 Å². The number of hydrogen-bond donors (Lipinski definition) is 0. The third-order valence-electron chi connectivity index (χ3n) is 3.11. The van der Waals surface area contributed by atoms with E-state index in [9.17, 15) is 0 Å². The molecule has 1 aliphatic heterocycles. The average Bonchev–Trinajstić information content (AvgIpc) is 2.33. The predicted octanol–water partition coefficient (Wildman–Crippen LogP) is 3.24. The van der Waals surface area contributed by atoms with E-state index in [1.54, 1.807) is 0 Å². The van der Waals surface area contributed by atoms with Crippen molar-refractivity contribution in [1.29, 1.82) is 0 Å². The molecule has 1 aromatic rings. The van der Waals surface area contributed by atoms with Crippen LogP contribution in [0, 0.1) is 6.92 Å². The molecule has 0 N–H and O–H groups in total. The minimum absolute atomic E-state index is 0.445. The SMILES string of the molecule is Cc1ccc(CN2CCOCC2CBr)c(Cl)c1.